The first-order valence-corrected chi connectivity index (χ1v) is 9.92. The highest BCUT2D eigenvalue weighted by Crippen LogP contribution is 2.31. The van der Waals surface area contributed by atoms with E-state index in [-0.39, 0.29) is 22.6 Å². The van der Waals surface area contributed by atoms with Crippen molar-refractivity contribution in [3.05, 3.63) is 53.3 Å². The van der Waals surface area contributed by atoms with E-state index in [4.69, 9.17) is 9.47 Å². The average molecular weight is 405 g/mol. The first-order chi connectivity index (χ1) is 13.2. The van der Waals surface area contributed by atoms with E-state index in [0.29, 0.717) is 16.9 Å². The van der Waals surface area contributed by atoms with E-state index in [1.165, 1.54) is 42.6 Å². The van der Waals surface area contributed by atoms with Crippen molar-refractivity contribution in [1.82, 2.24) is 5.01 Å². The predicted octanol–water partition coefficient (Wildman–Crippen LogP) is 3.04. The molecule has 0 unspecified atom stereocenters. The van der Waals surface area contributed by atoms with Crippen LogP contribution in [0.5, 0.6) is 11.5 Å². The van der Waals surface area contributed by atoms with Crippen LogP contribution < -0.4 is 9.47 Å². The fourth-order valence-corrected chi connectivity index (χ4v) is 3.88. The van der Waals surface area contributed by atoms with Crippen LogP contribution in [0.25, 0.3) is 0 Å². The molecule has 1 heterocycles. The lowest BCUT2D eigenvalue weighted by atomic mass is 10.2. The summed E-state index contributed by atoms with van der Waals surface area (Å²) in [6.07, 6.45) is 1.41. The molecule has 0 fully saturated rings. The molecule has 0 bridgehead atoms. The third-order valence-electron chi connectivity index (χ3n) is 3.91. The van der Waals surface area contributed by atoms with E-state index >= 15 is 0 Å². The number of hydrogen-bond donors (Lipinski definition) is 0. The van der Waals surface area contributed by atoms with E-state index in [2.05, 4.69) is 9.50 Å². The Morgan fingerprint density at radius 2 is 1.96 bits per heavy atom. The summed E-state index contributed by atoms with van der Waals surface area (Å²) < 4.78 is 52.6. The predicted molar refractivity (Wildman–Crippen MR) is 104 cm³/mol. The summed E-state index contributed by atoms with van der Waals surface area (Å²) in [5.41, 5.74) is 0.998. The zero-order valence-electron chi connectivity index (χ0n) is 15.9. The molecule has 1 aliphatic rings. The normalized spacial score (nSPS) is 14.9. The molecule has 0 saturated heterocycles. The van der Waals surface area contributed by atoms with Gasteiger partial charge in [-0.25, -0.2) is 9.40 Å². The lowest BCUT2D eigenvalue weighted by molar-refractivity contribution is 0.242. The van der Waals surface area contributed by atoms with Crippen LogP contribution in [0.15, 0.2) is 50.8 Å². The molecule has 0 spiro atoms. The summed E-state index contributed by atoms with van der Waals surface area (Å²) >= 11 is 0. The number of rotatable bonds is 5. The van der Waals surface area contributed by atoms with Gasteiger partial charge in [-0.05, 0) is 49.7 Å². The Labute approximate surface area is 163 Å². The molecular formula is C19H20FN3O4S. The van der Waals surface area contributed by atoms with Crippen LogP contribution in [-0.2, 0) is 10.0 Å². The van der Waals surface area contributed by atoms with Gasteiger partial charge in [0.05, 0.1) is 19.4 Å². The van der Waals surface area contributed by atoms with Gasteiger partial charge in [0.25, 0.3) is 10.0 Å². The number of hydrogen-bond acceptors (Lipinski definition) is 6. The highest BCUT2D eigenvalue weighted by Gasteiger charge is 2.31. The van der Waals surface area contributed by atoms with Gasteiger partial charge in [-0.15, -0.1) is 4.40 Å². The monoisotopic (exact) mass is 405 g/mol. The van der Waals surface area contributed by atoms with Crippen molar-refractivity contribution in [2.24, 2.45) is 9.50 Å². The van der Waals surface area contributed by atoms with Crippen molar-refractivity contribution in [3.8, 4) is 11.5 Å². The van der Waals surface area contributed by atoms with Crippen molar-refractivity contribution in [2.45, 2.75) is 24.8 Å². The summed E-state index contributed by atoms with van der Waals surface area (Å²) in [5, 5.41) is 5.58. The highest BCUT2D eigenvalue weighted by atomic mass is 32.2. The van der Waals surface area contributed by atoms with Gasteiger partial charge < -0.3 is 9.47 Å². The van der Waals surface area contributed by atoms with E-state index in [1.54, 1.807) is 19.2 Å². The third-order valence-corrected chi connectivity index (χ3v) is 5.24. The second kappa shape index (κ2) is 7.59. The minimum atomic E-state index is -3.80. The average Bonchev–Trinajstić information content (AvgIpc) is 2.91. The molecule has 0 aromatic heterocycles. The molecule has 1 aliphatic heterocycles. The molecule has 3 rings (SSSR count). The van der Waals surface area contributed by atoms with Crippen LogP contribution >= 0.6 is 0 Å². The smallest absolute Gasteiger partial charge is 0.285 e. The Balaban J connectivity index is 1.92. The van der Waals surface area contributed by atoms with Gasteiger partial charge in [0.15, 0.2) is 17.4 Å². The Morgan fingerprint density at radius 1 is 1.21 bits per heavy atom. The maximum atomic E-state index is 13.5. The molecule has 2 aromatic carbocycles. The summed E-state index contributed by atoms with van der Waals surface area (Å²) in [5.74, 6) is 0.327. The van der Waals surface area contributed by atoms with Crippen LogP contribution in [0.2, 0.25) is 0 Å². The summed E-state index contributed by atoms with van der Waals surface area (Å²) in [6.45, 7) is 3.76. The highest BCUT2D eigenvalue weighted by molar-refractivity contribution is 7.90. The second-order valence-corrected chi connectivity index (χ2v) is 7.95. The van der Waals surface area contributed by atoms with Crippen LogP contribution in [0, 0.1) is 5.82 Å². The van der Waals surface area contributed by atoms with Crippen molar-refractivity contribution >= 4 is 22.1 Å². The molecule has 28 heavy (non-hydrogen) atoms. The topological polar surface area (TPSA) is 80.6 Å². The van der Waals surface area contributed by atoms with E-state index < -0.39 is 15.8 Å². The van der Waals surface area contributed by atoms with Gasteiger partial charge in [0, 0.05) is 12.6 Å². The number of benzene rings is 2. The molecule has 148 valence electrons. The number of fused-ring (bicyclic) bond motifs is 1. The SMILES string of the molecule is COc1cc(/C=N/N(C)C2=NS(=O)(=O)c3ccc(OC(C)C)cc32)ccc1F. The molecule has 0 saturated carbocycles. The lowest BCUT2D eigenvalue weighted by Gasteiger charge is -2.14. The molecule has 0 amide bonds. The standard InChI is InChI=1S/C19H20FN3O4S/c1-12(2)27-14-6-8-18-15(10-14)19(22-28(18,24)25)23(3)21-11-13-5-7-16(20)17(9-13)26-4/h5-12H,1-4H3/b21-11+. The Kier molecular flexibility index (Phi) is 5.37. The molecule has 0 aliphatic carbocycles. The number of nitrogens with zero attached hydrogens (tertiary/aromatic N) is 3. The number of sulfonamides is 1. The van der Waals surface area contributed by atoms with Crippen molar-refractivity contribution in [1.29, 1.82) is 0 Å². The van der Waals surface area contributed by atoms with Crippen LogP contribution in [0.1, 0.15) is 25.0 Å². The molecular weight excluding hydrogens is 385 g/mol. The quantitative estimate of drug-likeness (QED) is 0.564. The third kappa shape index (κ3) is 3.99. The van der Waals surface area contributed by atoms with Crippen molar-refractivity contribution < 1.29 is 22.3 Å². The van der Waals surface area contributed by atoms with Gasteiger partial charge in [-0.1, -0.05) is 6.07 Å². The Morgan fingerprint density at radius 3 is 2.64 bits per heavy atom. The lowest BCUT2D eigenvalue weighted by Crippen LogP contribution is -2.21. The van der Waals surface area contributed by atoms with Crippen molar-refractivity contribution in [2.75, 3.05) is 14.2 Å². The van der Waals surface area contributed by atoms with Crippen LogP contribution in [-0.4, -0.2) is 45.7 Å². The van der Waals surface area contributed by atoms with Crippen molar-refractivity contribution in [3.63, 3.8) is 0 Å². The zero-order valence-corrected chi connectivity index (χ0v) is 16.7. The van der Waals surface area contributed by atoms with Crippen LogP contribution in [0.4, 0.5) is 4.39 Å². The minimum absolute atomic E-state index is 0.0549. The molecule has 0 N–H and O–H groups in total. The molecule has 0 atom stereocenters. The molecule has 0 radical (unpaired) electrons. The van der Waals surface area contributed by atoms with Gasteiger partial charge >= 0.3 is 0 Å². The number of hydrazone groups is 1. The van der Waals surface area contributed by atoms with Crippen LogP contribution in [0.3, 0.4) is 0 Å². The van der Waals surface area contributed by atoms with Gasteiger partial charge in [0.1, 0.15) is 10.6 Å². The number of halogens is 1. The van der Waals surface area contributed by atoms with E-state index in [9.17, 15) is 12.8 Å². The molecule has 9 heteroatoms. The maximum Gasteiger partial charge on any atom is 0.285 e. The largest absolute Gasteiger partial charge is 0.494 e. The van der Waals surface area contributed by atoms with Gasteiger partial charge in [0.2, 0.25) is 0 Å². The first-order valence-electron chi connectivity index (χ1n) is 8.48. The number of ether oxygens (including phenoxy) is 2. The number of amidine groups is 1. The molecule has 7 nitrogen and oxygen atoms in total. The zero-order chi connectivity index (χ0) is 20.5. The minimum Gasteiger partial charge on any atom is -0.494 e. The summed E-state index contributed by atoms with van der Waals surface area (Å²) in [4.78, 5) is 0.101. The van der Waals surface area contributed by atoms with E-state index in [0.717, 1.165) is 0 Å². The Bertz CT molecular complexity index is 1060. The van der Waals surface area contributed by atoms with E-state index in [1.807, 2.05) is 13.8 Å². The summed E-state index contributed by atoms with van der Waals surface area (Å²) in [6, 6.07) is 8.99. The first kappa shape index (κ1) is 19.8. The fourth-order valence-electron chi connectivity index (χ4n) is 2.66. The van der Waals surface area contributed by atoms with Gasteiger partial charge in [-0.3, -0.25) is 0 Å². The maximum absolute atomic E-state index is 13.5. The summed E-state index contributed by atoms with van der Waals surface area (Å²) in [7, 11) is -0.845. The molecule has 2 aromatic rings. The number of methoxy groups -OCH3 is 1. The fraction of sp³-hybridized carbons (Fsp3) is 0.263. The van der Waals surface area contributed by atoms with Gasteiger partial charge in [-0.2, -0.15) is 13.5 Å². The Hall–Kier alpha value is -2.94. The second-order valence-electron chi connectivity index (χ2n) is 6.38.